The van der Waals surface area contributed by atoms with Gasteiger partial charge in [-0.1, -0.05) is 25.7 Å². The topological polar surface area (TPSA) is 107 Å². The van der Waals surface area contributed by atoms with Crippen molar-refractivity contribution in [3.05, 3.63) is 71.9 Å². The maximum Gasteiger partial charge on any atom is 0.314 e. The van der Waals surface area contributed by atoms with Crippen molar-refractivity contribution >= 4 is 20.1 Å². The molecule has 1 aliphatic rings. The van der Waals surface area contributed by atoms with Gasteiger partial charge in [-0.3, -0.25) is 9.78 Å². The number of aryl methyl sites for hydroxylation is 1. The zero-order valence-electron chi connectivity index (χ0n) is 26.7. The Morgan fingerprint density at radius 1 is 1.09 bits per heavy atom. The summed E-state index contributed by atoms with van der Waals surface area (Å²) in [6.45, 7) is 15.3. The van der Waals surface area contributed by atoms with Crippen LogP contribution in [0.3, 0.4) is 0 Å². The van der Waals surface area contributed by atoms with Crippen LogP contribution in [0, 0.1) is 18.2 Å². The summed E-state index contributed by atoms with van der Waals surface area (Å²) < 4.78 is 36.1. The predicted octanol–water partition coefficient (Wildman–Crippen LogP) is 5.91. The lowest BCUT2D eigenvalue weighted by atomic mass is 9.95. The molecule has 1 atom stereocenters. The minimum Gasteiger partial charge on any atom is -0.476 e. The Kier molecular flexibility index (Phi) is 10.1. The number of nitrogens with zero attached hydrogens (tertiary/aromatic N) is 4. The van der Waals surface area contributed by atoms with Gasteiger partial charge >= 0.3 is 12.0 Å². The van der Waals surface area contributed by atoms with E-state index in [2.05, 4.69) is 30.1 Å². The van der Waals surface area contributed by atoms with Crippen LogP contribution in [0.2, 0.25) is 25.7 Å². The van der Waals surface area contributed by atoms with E-state index in [4.69, 9.17) is 28.9 Å². The molecule has 44 heavy (non-hydrogen) atoms. The Bertz CT molecular complexity index is 1480. The van der Waals surface area contributed by atoms with Gasteiger partial charge in [-0.15, -0.1) is 0 Å². The number of hydrogen-bond acceptors (Lipinski definition) is 10. The first-order valence-electron chi connectivity index (χ1n) is 14.5. The molecule has 236 valence electrons. The molecule has 10 nitrogen and oxygen atoms in total. The quantitative estimate of drug-likeness (QED) is 0.150. The number of amidine groups is 1. The number of carbonyl (C=O) groups excluding carboxylic acids is 1. The van der Waals surface area contributed by atoms with Gasteiger partial charge < -0.3 is 18.9 Å². The highest BCUT2D eigenvalue weighted by atomic mass is 28.3. The number of carbonyl (C=O) groups is 1. The Labute approximate surface area is 259 Å². The highest BCUT2D eigenvalue weighted by Crippen LogP contribution is 2.31. The maximum absolute atomic E-state index is 13.5. The van der Waals surface area contributed by atoms with E-state index >= 15 is 0 Å². The molecule has 1 aromatic carbocycles. The fourth-order valence-electron chi connectivity index (χ4n) is 4.35. The molecule has 3 aromatic rings. The number of esters is 1. The van der Waals surface area contributed by atoms with Gasteiger partial charge in [0.15, 0.2) is 5.66 Å². The van der Waals surface area contributed by atoms with Gasteiger partial charge in [-0.25, -0.2) is 19.4 Å². The molecule has 1 aliphatic heterocycles. The van der Waals surface area contributed by atoms with Crippen molar-refractivity contribution in [2.24, 2.45) is 10.4 Å². The highest BCUT2D eigenvalue weighted by Gasteiger charge is 2.39. The van der Waals surface area contributed by atoms with Crippen LogP contribution in [0.1, 0.15) is 32.0 Å². The minimum absolute atomic E-state index is 0.140. The zero-order chi connectivity index (χ0) is 32.1. The Hall–Kier alpha value is -3.87. The number of hydrogen-bond donors (Lipinski definition) is 1. The smallest absolute Gasteiger partial charge is 0.314 e. The normalized spacial score (nSPS) is 16.9. The van der Waals surface area contributed by atoms with Gasteiger partial charge in [0.2, 0.25) is 5.88 Å². The molecule has 0 spiro atoms. The molecule has 1 N–H and O–H groups in total. The summed E-state index contributed by atoms with van der Waals surface area (Å²) in [5.41, 5.74) is 5.02. The number of methoxy groups -OCH3 is 1. The number of rotatable bonds is 12. The average molecular weight is 624 g/mol. The summed E-state index contributed by atoms with van der Waals surface area (Å²) >= 11 is 0. The average Bonchev–Trinajstić information content (AvgIpc) is 3.30. The molecule has 0 amide bonds. The van der Waals surface area contributed by atoms with Crippen molar-refractivity contribution in [2.45, 2.75) is 59.0 Å². The lowest BCUT2D eigenvalue weighted by Gasteiger charge is -2.26. The second kappa shape index (κ2) is 13.4. The maximum atomic E-state index is 13.5. The summed E-state index contributed by atoms with van der Waals surface area (Å²) in [5.74, 6) is 0.180. The van der Waals surface area contributed by atoms with Gasteiger partial charge in [0.05, 0.1) is 18.2 Å². The summed E-state index contributed by atoms with van der Waals surface area (Å²) in [4.78, 5) is 26.0. The first-order valence-corrected chi connectivity index (χ1v) is 18.2. The molecule has 2 aromatic heterocycles. The number of aromatic nitrogens is 2. The van der Waals surface area contributed by atoms with E-state index in [0.717, 1.165) is 22.7 Å². The Balaban J connectivity index is 1.49. The lowest BCUT2D eigenvalue weighted by Crippen LogP contribution is -2.47. The van der Waals surface area contributed by atoms with Crippen molar-refractivity contribution in [1.29, 1.82) is 0 Å². The molecule has 0 radical (unpaired) electrons. The second-order valence-corrected chi connectivity index (χ2v) is 18.5. The van der Waals surface area contributed by atoms with E-state index in [1.807, 2.05) is 32.0 Å². The van der Waals surface area contributed by atoms with E-state index in [0.29, 0.717) is 30.0 Å². The van der Waals surface area contributed by atoms with Gasteiger partial charge in [-0.2, -0.15) is 5.43 Å². The van der Waals surface area contributed by atoms with Crippen LogP contribution in [-0.4, -0.2) is 62.1 Å². The number of hydrazine groups is 1. The van der Waals surface area contributed by atoms with Crippen LogP contribution in [0.15, 0.2) is 59.9 Å². The monoisotopic (exact) mass is 623 g/mol. The first kappa shape index (κ1) is 33.0. The number of nitrogens with one attached hydrogen (secondary N) is 1. The number of ether oxygens (including phenoxy) is 4. The van der Waals surface area contributed by atoms with Gasteiger partial charge in [0.1, 0.15) is 24.9 Å². The molecular weight excluding hydrogens is 581 g/mol. The van der Waals surface area contributed by atoms with Crippen molar-refractivity contribution in [3.63, 3.8) is 0 Å². The molecule has 4 rings (SSSR count). The molecule has 12 heteroatoms. The van der Waals surface area contributed by atoms with Crippen LogP contribution in [0.4, 0.5) is 4.39 Å². The molecule has 0 bridgehead atoms. The SMILES string of the molecule is COC(=O)C(C)(C)COc1cc(C)c(-c2ccc(C3(C)N=C(Oc4ccc(F)cc4)N(COCC[Si](C)(C)C)N3)nc2)cn1. The summed E-state index contributed by atoms with van der Waals surface area (Å²) in [7, 11) is 0.103. The molecule has 3 heterocycles. The van der Waals surface area contributed by atoms with Gasteiger partial charge in [0.25, 0.3) is 0 Å². The van der Waals surface area contributed by atoms with Crippen molar-refractivity contribution < 1.29 is 28.1 Å². The summed E-state index contributed by atoms with van der Waals surface area (Å²) in [6, 6.07) is 12.8. The lowest BCUT2D eigenvalue weighted by molar-refractivity contribution is -0.152. The fraction of sp³-hybridized carbons (Fsp3) is 0.438. The molecule has 1 unspecified atom stereocenters. The van der Waals surface area contributed by atoms with Crippen LogP contribution < -0.4 is 14.9 Å². The standard InChI is InChI=1S/C32H42FN5O5Si/c1-22-17-28(42-20-31(2,3)29(39)40-5)35-19-26(22)23-9-14-27(34-18-23)32(4)36-30(43-25-12-10-24(33)11-13-25)38(37-32)21-41-15-16-44(6,7)8/h9-14,17-19,37H,15-16,20-21H2,1-8H3. The van der Waals surface area contributed by atoms with Gasteiger partial charge in [-0.05, 0) is 69.6 Å². The molecule has 0 fully saturated rings. The largest absolute Gasteiger partial charge is 0.476 e. The zero-order valence-corrected chi connectivity index (χ0v) is 27.7. The van der Waals surface area contributed by atoms with E-state index in [1.54, 1.807) is 43.4 Å². The molecular formula is C32H42FN5O5Si. The molecule has 0 saturated heterocycles. The third kappa shape index (κ3) is 8.39. The molecule has 0 saturated carbocycles. The fourth-order valence-corrected chi connectivity index (χ4v) is 5.11. The first-order chi connectivity index (χ1) is 20.7. The van der Waals surface area contributed by atoms with Gasteiger partial charge in [0, 0.05) is 44.3 Å². The van der Waals surface area contributed by atoms with Crippen LogP contribution >= 0.6 is 0 Å². The van der Waals surface area contributed by atoms with Crippen LogP contribution in [0.5, 0.6) is 11.6 Å². The van der Waals surface area contributed by atoms with Crippen molar-refractivity contribution in [3.8, 4) is 22.8 Å². The van der Waals surface area contributed by atoms with E-state index in [1.165, 1.54) is 19.2 Å². The summed E-state index contributed by atoms with van der Waals surface area (Å²) in [5, 5.41) is 1.71. The molecule has 0 aliphatic carbocycles. The van der Waals surface area contributed by atoms with Crippen LogP contribution in [-0.2, 0) is 19.9 Å². The van der Waals surface area contributed by atoms with Crippen LogP contribution in [0.25, 0.3) is 11.1 Å². The number of aliphatic imine (C=N–C) groups is 1. The van der Waals surface area contributed by atoms with Crippen molar-refractivity contribution in [1.82, 2.24) is 20.4 Å². The second-order valence-electron chi connectivity index (χ2n) is 12.8. The number of halogens is 1. The highest BCUT2D eigenvalue weighted by molar-refractivity contribution is 6.76. The number of benzene rings is 1. The van der Waals surface area contributed by atoms with Crippen molar-refractivity contribution in [2.75, 3.05) is 27.1 Å². The van der Waals surface area contributed by atoms with E-state index in [9.17, 15) is 9.18 Å². The minimum atomic E-state index is -1.26. The third-order valence-corrected chi connectivity index (χ3v) is 8.82. The van der Waals surface area contributed by atoms with E-state index in [-0.39, 0.29) is 25.1 Å². The van der Waals surface area contributed by atoms with E-state index < -0.39 is 19.2 Å². The Morgan fingerprint density at radius 2 is 1.82 bits per heavy atom. The third-order valence-electron chi connectivity index (χ3n) is 7.12. The Morgan fingerprint density at radius 3 is 2.43 bits per heavy atom. The number of pyridine rings is 2. The summed E-state index contributed by atoms with van der Waals surface area (Å²) in [6.07, 6.45) is 3.50. The predicted molar refractivity (Wildman–Crippen MR) is 169 cm³/mol.